The summed E-state index contributed by atoms with van der Waals surface area (Å²) in [7, 11) is 0. The van der Waals surface area contributed by atoms with E-state index in [9.17, 15) is 4.39 Å². The lowest BCUT2D eigenvalue weighted by Crippen LogP contribution is -2.31. The fourth-order valence-corrected chi connectivity index (χ4v) is 2.24. The minimum atomic E-state index is -0.592. The number of rotatable bonds is 5. The summed E-state index contributed by atoms with van der Waals surface area (Å²) in [5.41, 5.74) is 0.440. The first-order valence-electron chi connectivity index (χ1n) is 6.00. The summed E-state index contributed by atoms with van der Waals surface area (Å²) in [6.07, 6.45) is 1.65. The summed E-state index contributed by atoms with van der Waals surface area (Å²) < 4.78 is 25.0. The van der Waals surface area contributed by atoms with Crippen LogP contribution in [0.1, 0.15) is 33.1 Å². The van der Waals surface area contributed by atoms with E-state index < -0.39 is 6.10 Å². The van der Waals surface area contributed by atoms with Crippen molar-refractivity contribution >= 4 is 0 Å². The van der Waals surface area contributed by atoms with Gasteiger partial charge in [-0.05, 0) is 18.4 Å². The lowest BCUT2D eigenvalue weighted by atomic mass is 9.96. The van der Waals surface area contributed by atoms with Crippen LogP contribution < -0.4 is 0 Å². The molecule has 0 saturated carbocycles. The van der Waals surface area contributed by atoms with Gasteiger partial charge in [-0.3, -0.25) is 0 Å². The molecule has 3 nitrogen and oxygen atoms in total. The number of hydrogen-bond acceptors (Lipinski definition) is 3. The van der Waals surface area contributed by atoms with E-state index in [0.29, 0.717) is 12.0 Å². The summed E-state index contributed by atoms with van der Waals surface area (Å²) in [6.45, 7) is 3.81. The highest BCUT2D eigenvalue weighted by Crippen LogP contribution is 2.42. The molecule has 92 valence electrons. The molecular formula is C12H19FO3. The maximum Gasteiger partial charge on any atom is 0.138 e. The number of ether oxygens (including phenoxy) is 2. The smallest absolute Gasteiger partial charge is 0.138 e. The monoisotopic (exact) mass is 230 g/mol. The number of halogens is 1. The zero-order valence-corrected chi connectivity index (χ0v) is 9.78. The topological polar surface area (TPSA) is 42.0 Å². The maximum absolute atomic E-state index is 13.9. The molecule has 16 heavy (non-hydrogen) atoms. The van der Waals surface area contributed by atoms with Gasteiger partial charge >= 0.3 is 0 Å². The van der Waals surface area contributed by atoms with E-state index in [-0.39, 0.29) is 30.7 Å². The molecule has 0 amide bonds. The molecule has 0 bridgehead atoms. The Bertz CT molecular complexity index is 286. The van der Waals surface area contributed by atoms with Gasteiger partial charge in [0.1, 0.15) is 18.0 Å². The predicted molar refractivity (Wildman–Crippen MR) is 57.7 cm³/mol. The first-order valence-corrected chi connectivity index (χ1v) is 6.00. The average molecular weight is 230 g/mol. The Morgan fingerprint density at radius 3 is 2.75 bits per heavy atom. The van der Waals surface area contributed by atoms with Crippen molar-refractivity contribution in [2.24, 2.45) is 0 Å². The van der Waals surface area contributed by atoms with Crippen LogP contribution in [-0.2, 0) is 9.47 Å². The summed E-state index contributed by atoms with van der Waals surface area (Å²) in [5.74, 6) is -0.312. The highest BCUT2D eigenvalue weighted by molar-refractivity contribution is 5.25. The van der Waals surface area contributed by atoms with Gasteiger partial charge in [0.15, 0.2) is 0 Å². The molecule has 0 radical (unpaired) electrons. The Hall–Kier alpha value is -0.450. The fraction of sp³-hybridized carbons (Fsp3) is 0.833. The van der Waals surface area contributed by atoms with Gasteiger partial charge in [-0.2, -0.15) is 0 Å². The predicted octanol–water partition coefficient (Wildman–Crippen LogP) is 1.95. The van der Waals surface area contributed by atoms with Gasteiger partial charge in [0.05, 0.1) is 18.8 Å². The van der Waals surface area contributed by atoms with Crippen LogP contribution >= 0.6 is 0 Å². The van der Waals surface area contributed by atoms with Crippen molar-refractivity contribution < 1.29 is 19.0 Å². The second-order valence-corrected chi connectivity index (χ2v) is 4.45. The van der Waals surface area contributed by atoms with Crippen LogP contribution in [0.5, 0.6) is 0 Å². The van der Waals surface area contributed by atoms with E-state index in [1.165, 1.54) is 0 Å². The summed E-state index contributed by atoms with van der Waals surface area (Å²) >= 11 is 0. The van der Waals surface area contributed by atoms with Crippen LogP contribution in [-0.4, -0.2) is 36.1 Å². The molecule has 0 aromatic rings. The standard InChI is InChI=1S/C12H19FO3/c1-3-8(4-2)15-12-10(13)7(6-14)5-9-11(12)16-9/h8-9,11-12,14H,3-6H2,1-2H3/t9-,11-,12+/m0/s1. The lowest BCUT2D eigenvalue weighted by molar-refractivity contribution is -0.0215. The van der Waals surface area contributed by atoms with Gasteiger partial charge < -0.3 is 14.6 Å². The zero-order chi connectivity index (χ0) is 11.7. The Morgan fingerprint density at radius 1 is 1.50 bits per heavy atom. The van der Waals surface area contributed by atoms with Gasteiger partial charge in [-0.1, -0.05) is 13.8 Å². The summed E-state index contributed by atoms with van der Waals surface area (Å²) in [5, 5.41) is 9.06. The first kappa shape index (κ1) is 12.0. The van der Waals surface area contributed by atoms with Crippen molar-refractivity contribution in [3.05, 3.63) is 11.4 Å². The Kier molecular flexibility index (Phi) is 3.62. The quantitative estimate of drug-likeness (QED) is 0.734. The largest absolute Gasteiger partial charge is 0.392 e. The molecule has 0 spiro atoms. The third kappa shape index (κ3) is 2.14. The number of aliphatic hydroxyl groups is 1. The van der Waals surface area contributed by atoms with E-state index in [2.05, 4.69) is 0 Å². The SMILES string of the molecule is CCC(CC)O[C@@H]1C(F)=C(CO)C[C@@H]2O[C@@H]21. The number of epoxide rings is 1. The van der Waals surface area contributed by atoms with Gasteiger partial charge in [-0.15, -0.1) is 0 Å². The molecule has 2 aliphatic rings. The van der Waals surface area contributed by atoms with Crippen molar-refractivity contribution in [2.45, 2.75) is 57.5 Å². The number of aliphatic hydroxyl groups excluding tert-OH is 1. The van der Waals surface area contributed by atoms with E-state index in [1.54, 1.807) is 0 Å². The molecule has 3 atom stereocenters. The minimum absolute atomic E-state index is 0.0565. The molecular weight excluding hydrogens is 211 g/mol. The van der Waals surface area contributed by atoms with E-state index >= 15 is 0 Å². The molecule has 0 aromatic carbocycles. The van der Waals surface area contributed by atoms with Crippen molar-refractivity contribution in [1.82, 2.24) is 0 Å². The van der Waals surface area contributed by atoms with E-state index in [1.807, 2.05) is 13.8 Å². The van der Waals surface area contributed by atoms with Gasteiger partial charge in [-0.25, -0.2) is 4.39 Å². The average Bonchev–Trinajstić information content (AvgIpc) is 3.06. The third-order valence-electron chi connectivity index (χ3n) is 3.40. The van der Waals surface area contributed by atoms with Crippen LogP contribution in [0.4, 0.5) is 4.39 Å². The van der Waals surface area contributed by atoms with Crippen molar-refractivity contribution in [3.63, 3.8) is 0 Å². The van der Waals surface area contributed by atoms with Crippen LogP contribution in [0.25, 0.3) is 0 Å². The fourth-order valence-electron chi connectivity index (χ4n) is 2.24. The molecule has 0 unspecified atom stereocenters. The van der Waals surface area contributed by atoms with Crippen molar-refractivity contribution in [2.75, 3.05) is 6.61 Å². The lowest BCUT2D eigenvalue weighted by Gasteiger charge is -2.24. The van der Waals surface area contributed by atoms with Crippen LogP contribution in [0.2, 0.25) is 0 Å². The van der Waals surface area contributed by atoms with Gasteiger partial charge in [0, 0.05) is 6.42 Å². The highest BCUT2D eigenvalue weighted by Gasteiger charge is 2.52. The summed E-state index contributed by atoms with van der Waals surface area (Å²) in [4.78, 5) is 0. The molecule has 4 heteroatoms. The summed E-state index contributed by atoms with van der Waals surface area (Å²) in [6, 6.07) is 0. The second-order valence-electron chi connectivity index (χ2n) is 4.45. The molecule has 1 N–H and O–H groups in total. The normalized spacial score (nSPS) is 33.2. The Morgan fingerprint density at radius 2 is 2.19 bits per heavy atom. The van der Waals surface area contributed by atoms with E-state index in [4.69, 9.17) is 14.6 Å². The first-order chi connectivity index (χ1) is 7.71. The van der Waals surface area contributed by atoms with Crippen LogP contribution in [0.3, 0.4) is 0 Å². The highest BCUT2D eigenvalue weighted by atomic mass is 19.1. The molecule has 2 rings (SSSR count). The Labute approximate surface area is 95.2 Å². The molecule has 1 aliphatic heterocycles. The van der Waals surface area contributed by atoms with Crippen molar-refractivity contribution in [1.29, 1.82) is 0 Å². The third-order valence-corrected chi connectivity index (χ3v) is 3.40. The van der Waals surface area contributed by atoms with Gasteiger partial charge in [0.25, 0.3) is 0 Å². The van der Waals surface area contributed by atoms with E-state index in [0.717, 1.165) is 12.8 Å². The van der Waals surface area contributed by atoms with Crippen molar-refractivity contribution in [3.8, 4) is 0 Å². The zero-order valence-electron chi connectivity index (χ0n) is 9.78. The minimum Gasteiger partial charge on any atom is -0.392 e. The molecule has 1 aliphatic carbocycles. The number of hydrogen-bond donors (Lipinski definition) is 1. The van der Waals surface area contributed by atoms with Crippen LogP contribution in [0, 0.1) is 0 Å². The molecule has 1 saturated heterocycles. The molecule has 1 fully saturated rings. The Balaban J connectivity index is 2.07. The second kappa shape index (κ2) is 4.82. The van der Waals surface area contributed by atoms with Gasteiger partial charge in [0.2, 0.25) is 0 Å². The maximum atomic E-state index is 13.9. The molecule has 0 aromatic heterocycles. The van der Waals surface area contributed by atoms with Crippen LogP contribution in [0.15, 0.2) is 11.4 Å². The molecule has 1 heterocycles. The number of fused-ring (bicyclic) bond motifs is 1.